The molecule has 1 rings (SSSR count). The molecule has 1 heterocycles. The molecule has 94 valence electrons. The van der Waals surface area contributed by atoms with Crippen LogP contribution in [-0.2, 0) is 4.74 Å². The maximum absolute atomic E-state index is 12.2. The molecule has 0 spiro atoms. The van der Waals surface area contributed by atoms with E-state index in [9.17, 15) is 4.79 Å². The Kier molecular flexibility index (Phi) is 4.19. The van der Waals surface area contributed by atoms with Crippen LogP contribution >= 0.6 is 0 Å². The minimum atomic E-state index is 0.108. The highest BCUT2D eigenvalue weighted by Crippen LogP contribution is 2.23. The van der Waals surface area contributed by atoms with Crippen molar-refractivity contribution in [3.05, 3.63) is 0 Å². The van der Waals surface area contributed by atoms with Crippen LogP contribution in [0.5, 0.6) is 0 Å². The van der Waals surface area contributed by atoms with Gasteiger partial charge in [0.1, 0.15) is 0 Å². The minimum absolute atomic E-state index is 0.108. The molecule has 1 aliphatic heterocycles. The van der Waals surface area contributed by atoms with E-state index in [1.165, 1.54) is 0 Å². The van der Waals surface area contributed by atoms with E-state index in [1.807, 2.05) is 16.8 Å². The summed E-state index contributed by atoms with van der Waals surface area (Å²) in [4.78, 5) is 15.9. The Morgan fingerprint density at radius 2 is 1.81 bits per heavy atom. The van der Waals surface area contributed by atoms with Crippen LogP contribution in [0.3, 0.4) is 0 Å². The predicted octanol–water partition coefficient (Wildman–Crippen LogP) is 1.80. The van der Waals surface area contributed by atoms with Crippen molar-refractivity contribution in [2.45, 2.75) is 33.7 Å². The van der Waals surface area contributed by atoms with E-state index >= 15 is 0 Å². The summed E-state index contributed by atoms with van der Waals surface area (Å²) in [6.45, 7) is 11.3. The van der Waals surface area contributed by atoms with E-state index < -0.39 is 0 Å². The Balaban J connectivity index is 2.58. The highest BCUT2D eigenvalue weighted by molar-refractivity contribution is 5.74. The Bertz CT molecular complexity index is 242. The number of carbonyl (C=O) groups excluding carboxylic acids is 1. The van der Waals surface area contributed by atoms with Crippen LogP contribution in [0.25, 0.3) is 0 Å². The Morgan fingerprint density at radius 3 is 2.25 bits per heavy atom. The van der Waals surface area contributed by atoms with Gasteiger partial charge in [-0.1, -0.05) is 20.8 Å². The quantitative estimate of drug-likeness (QED) is 0.685. The predicted molar refractivity (Wildman–Crippen MR) is 64.5 cm³/mol. The zero-order valence-electron chi connectivity index (χ0n) is 11.1. The average molecular weight is 228 g/mol. The van der Waals surface area contributed by atoms with Gasteiger partial charge < -0.3 is 14.5 Å². The lowest BCUT2D eigenvalue weighted by atomic mass is 9.87. The van der Waals surface area contributed by atoms with Crippen molar-refractivity contribution in [2.75, 3.05) is 33.4 Å². The summed E-state index contributed by atoms with van der Waals surface area (Å²) in [5.74, 6) is 0. The van der Waals surface area contributed by atoms with Gasteiger partial charge in [-0.05, 0) is 12.3 Å². The number of carbonyl (C=O) groups is 1. The lowest BCUT2D eigenvalue weighted by Crippen LogP contribution is -2.52. The van der Waals surface area contributed by atoms with Gasteiger partial charge in [0.05, 0.1) is 13.2 Å². The second-order valence-electron chi connectivity index (χ2n) is 5.53. The molecule has 1 saturated heterocycles. The first kappa shape index (κ1) is 13.3. The Morgan fingerprint density at radius 1 is 1.31 bits per heavy atom. The van der Waals surface area contributed by atoms with Crippen LogP contribution in [0, 0.1) is 5.41 Å². The van der Waals surface area contributed by atoms with Gasteiger partial charge in [0.25, 0.3) is 0 Å². The van der Waals surface area contributed by atoms with E-state index in [0.717, 1.165) is 0 Å². The fraction of sp³-hybridized carbons (Fsp3) is 0.917. The molecule has 0 aromatic heterocycles. The standard InChI is InChI=1S/C12H24N2O2/c1-10(12(2,3)4)13(5)11(15)14-6-8-16-9-7-14/h10H,6-9H2,1-5H3. The number of hydrogen-bond acceptors (Lipinski definition) is 2. The first-order valence-corrected chi connectivity index (χ1v) is 5.93. The highest BCUT2D eigenvalue weighted by Gasteiger charge is 2.30. The van der Waals surface area contributed by atoms with E-state index in [-0.39, 0.29) is 17.5 Å². The van der Waals surface area contributed by atoms with Gasteiger partial charge >= 0.3 is 6.03 Å². The number of rotatable bonds is 1. The Hall–Kier alpha value is -0.770. The van der Waals surface area contributed by atoms with Crippen LogP contribution in [0.1, 0.15) is 27.7 Å². The topological polar surface area (TPSA) is 32.8 Å². The van der Waals surface area contributed by atoms with Crippen LogP contribution in [0.2, 0.25) is 0 Å². The first-order chi connectivity index (χ1) is 7.34. The summed E-state index contributed by atoms with van der Waals surface area (Å²) < 4.78 is 5.24. The molecule has 1 aliphatic rings. The van der Waals surface area contributed by atoms with Gasteiger partial charge in [-0.25, -0.2) is 4.79 Å². The van der Waals surface area contributed by atoms with Crippen molar-refractivity contribution >= 4 is 6.03 Å². The van der Waals surface area contributed by atoms with Gasteiger partial charge in [-0.15, -0.1) is 0 Å². The summed E-state index contributed by atoms with van der Waals surface area (Å²) in [6.07, 6.45) is 0. The van der Waals surface area contributed by atoms with Crippen LogP contribution < -0.4 is 0 Å². The summed E-state index contributed by atoms with van der Waals surface area (Å²) in [7, 11) is 1.88. The van der Waals surface area contributed by atoms with Crippen LogP contribution in [0.4, 0.5) is 4.79 Å². The maximum Gasteiger partial charge on any atom is 0.320 e. The number of amides is 2. The van der Waals surface area contributed by atoms with Gasteiger partial charge in [-0.2, -0.15) is 0 Å². The molecule has 0 saturated carbocycles. The molecule has 2 amide bonds. The third-order valence-electron chi connectivity index (χ3n) is 3.42. The molecule has 1 unspecified atom stereocenters. The molecule has 1 atom stereocenters. The third kappa shape index (κ3) is 3.11. The molecule has 0 N–H and O–H groups in total. The zero-order valence-corrected chi connectivity index (χ0v) is 11.1. The van der Waals surface area contributed by atoms with Crippen molar-refractivity contribution in [3.63, 3.8) is 0 Å². The normalized spacial score (nSPS) is 19.4. The van der Waals surface area contributed by atoms with Crippen molar-refractivity contribution < 1.29 is 9.53 Å². The molecule has 0 radical (unpaired) electrons. The molecule has 0 aromatic carbocycles. The summed E-state index contributed by atoms with van der Waals surface area (Å²) in [5, 5.41) is 0. The maximum atomic E-state index is 12.2. The largest absolute Gasteiger partial charge is 0.378 e. The number of nitrogens with zero attached hydrogens (tertiary/aromatic N) is 2. The fourth-order valence-electron chi connectivity index (χ4n) is 1.72. The number of morpholine rings is 1. The average Bonchev–Trinajstić information content (AvgIpc) is 2.26. The van der Waals surface area contributed by atoms with E-state index in [2.05, 4.69) is 27.7 Å². The molecular formula is C12H24N2O2. The molecular weight excluding hydrogens is 204 g/mol. The van der Waals surface area contributed by atoms with Crippen LogP contribution in [-0.4, -0.2) is 55.2 Å². The van der Waals surface area contributed by atoms with E-state index in [0.29, 0.717) is 26.3 Å². The lowest BCUT2D eigenvalue weighted by molar-refractivity contribution is 0.0370. The smallest absolute Gasteiger partial charge is 0.320 e. The second kappa shape index (κ2) is 5.04. The summed E-state index contributed by atoms with van der Waals surface area (Å²) in [6, 6.07) is 0.341. The molecule has 16 heavy (non-hydrogen) atoms. The van der Waals surface area contributed by atoms with Crippen molar-refractivity contribution in [2.24, 2.45) is 5.41 Å². The highest BCUT2D eigenvalue weighted by atomic mass is 16.5. The number of ether oxygens (including phenoxy) is 1. The van der Waals surface area contributed by atoms with E-state index in [4.69, 9.17) is 4.74 Å². The van der Waals surface area contributed by atoms with Gasteiger partial charge in [0.2, 0.25) is 0 Å². The molecule has 1 fully saturated rings. The Labute approximate surface area is 98.5 Å². The number of urea groups is 1. The van der Waals surface area contributed by atoms with Crippen molar-refractivity contribution in [1.29, 1.82) is 0 Å². The minimum Gasteiger partial charge on any atom is -0.378 e. The summed E-state index contributed by atoms with van der Waals surface area (Å²) >= 11 is 0. The van der Waals surface area contributed by atoms with Gasteiger partial charge in [0, 0.05) is 26.2 Å². The third-order valence-corrected chi connectivity index (χ3v) is 3.42. The molecule has 0 bridgehead atoms. The fourth-order valence-corrected chi connectivity index (χ4v) is 1.72. The van der Waals surface area contributed by atoms with Crippen molar-refractivity contribution in [1.82, 2.24) is 9.80 Å². The molecule has 4 nitrogen and oxygen atoms in total. The molecule has 0 aromatic rings. The molecule has 0 aliphatic carbocycles. The lowest BCUT2D eigenvalue weighted by Gasteiger charge is -2.39. The SMILES string of the molecule is CC(N(C)C(=O)N1CCOCC1)C(C)(C)C. The second-order valence-corrected chi connectivity index (χ2v) is 5.53. The number of hydrogen-bond donors (Lipinski definition) is 0. The van der Waals surface area contributed by atoms with Gasteiger partial charge in [0.15, 0.2) is 0 Å². The summed E-state index contributed by atoms with van der Waals surface area (Å²) in [5.41, 5.74) is 0.108. The zero-order chi connectivity index (χ0) is 12.3. The van der Waals surface area contributed by atoms with Crippen LogP contribution in [0.15, 0.2) is 0 Å². The van der Waals surface area contributed by atoms with E-state index in [1.54, 1.807) is 0 Å². The first-order valence-electron chi connectivity index (χ1n) is 5.93. The van der Waals surface area contributed by atoms with Crippen molar-refractivity contribution in [3.8, 4) is 0 Å². The van der Waals surface area contributed by atoms with Gasteiger partial charge in [-0.3, -0.25) is 0 Å². The monoisotopic (exact) mass is 228 g/mol. The molecule has 4 heteroatoms.